The van der Waals surface area contributed by atoms with Crippen LogP contribution < -0.4 is 5.73 Å². The molecular formula is C16H17N5O2S. The summed E-state index contributed by atoms with van der Waals surface area (Å²) in [4.78, 5) is 12.4. The molecule has 7 nitrogen and oxygen atoms in total. The van der Waals surface area contributed by atoms with Gasteiger partial charge in [0.15, 0.2) is 17.7 Å². The number of anilines is 1. The van der Waals surface area contributed by atoms with E-state index in [0.29, 0.717) is 23.4 Å². The maximum Gasteiger partial charge on any atom is 0.167 e. The van der Waals surface area contributed by atoms with Gasteiger partial charge < -0.3 is 15.6 Å². The topological polar surface area (TPSA) is 99.1 Å². The number of benzene rings is 1. The summed E-state index contributed by atoms with van der Waals surface area (Å²) in [6.45, 7) is 0. The third kappa shape index (κ3) is 2.52. The van der Waals surface area contributed by atoms with Gasteiger partial charge in [-0.2, -0.15) is 12.6 Å². The van der Waals surface area contributed by atoms with Gasteiger partial charge in [0, 0.05) is 6.42 Å². The monoisotopic (exact) mass is 343 g/mol. The first-order valence-corrected chi connectivity index (χ1v) is 8.15. The van der Waals surface area contributed by atoms with E-state index >= 15 is 0 Å². The summed E-state index contributed by atoms with van der Waals surface area (Å²) in [6, 6.07) is 9.92. The third-order valence-electron chi connectivity index (χ3n) is 4.28. The summed E-state index contributed by atoms with van der Waals surface area (Å²) in [5.74, 6) is 0.314. The van der Waals surface area contributed by atoms with Crippen molar-refractivity contribution in [2.75, 3.05) is 5.73 Å². The minimum absolute atomic E-state index is 0.314. The number of ether oxygens (including phenoxy) is 1. The van der Waals surface area contributed by atoms with Crippen molar-refractivity contribution in [3.63, 3.8) is 0 Å². The molecule has 0 bridgehead atoms. The second-order valence-electron chi connectivity index (χ2n) is 5.82. The Morgan fingerprint density at radius 3 is 2.79 bits per heavy atom. The standard InChI is InChI=1S/C16H17N5O2S/c17-14-11-15(19-7-18-14)21(8-20-11)16-13(24)12(22)10(23-16)6-9-4-2-1-3-5-9/h1-5,7-8,10,12-13,16,22,24H,6H2,(H2,17,18,19)/t10-,12-,13-,16-/m1/s1. The molecule has 1 aliphatic heterocycles. The molecule has 0 amide bonds. The van der Waals surface area contributed by atoms with Crippen LogP contribution in [-0.4, -0.2) is 42.1 Å². The van der Waals surface area contributed by atoms with Gasteiger partial charge >= 0.3 is 0 Å². The van der Waals surface area contributed by atoms with E-state index in [1.807, 2.05) is 30.3 Å². The van der Waals surface area contributed by atoms with Crippen LogP contribution in [0.25, 0.3) is 11.2 Å². The fourth-order valence-corrected chi connectivity index (χ4v) is 3.44. The van der Waals surface area contributed by atoms with Gasteiger partial charge in [-0.25, -0.2) is 15.0 Å². The number of aromatic nitrogens is 4. The summed E-state index contributed by atoms with van der Waals surface area (Å²) < 4.78 is 7.83. The van der Waals surface area contributed by atoms with E-state index in [2.05, 4.69) is 27.6 Å². The summed E-state index contributed by atoms with van der Waals surface area (Å²) in [5.41, 5.74) is 8.01. The molecule has 4 rings (SSSR count). The van der Waals surface area contributed by atoms with Crippen molar-refractivity contribution in [2.24, 2.45) is 0 Å². The summed E-state index contributed by atoms with van der Waals surface area (Å²) in [7, 11) is 0. The first kappa shape index (κ1) is 15.4. The molecule has 3 aromatic rings. The normalized spacial score (nSPS) is 26.9. The molecule has 0 saturated carbocycles. The van der Waals surface area contributed by atoms with Crippen molar-refractivity contribution in [1.29, 1.82) is 0 Å². The number of rotatable bonds is 3. The summed E-state index contributed by atoms with van der Waals surface area (Å²) in [6.07, 6.45) is 2.07. The van der Waals surface area contributed by atoms with Gasteiger partial charge in [0.25, 0.3) is 0 Å². The lowest BCUT2D eigenvalue weighted by Crippen LogP contribution is -2.29. The van der Waals surface area contributed by atoms with Crippen molar-refractivity contribution in [3.05, 3.63) is 48.5 Å². The van der Waals surface area contributed by atoms with E-state index in [-0.39, 0.29) is 6.10 Å². The number of fused-ring (bicyclic) bond motifs is 1. The van der Waals surface area contributed by atoms with Crippen LogP contribution in [0.4, 0.5) is 5.82 Å². The highest BCUT2D eigenvalue weighted by atomic mass is 32.1. The Bertz CT molecular complexity index is 856. The number of hydrogen-bond donors (Lipinski definition) is 3. The number of thiol groups is 1. The van der Waals surface area contributed by atoms with Crippen molar-refractivity contribution in [1.82, 2.24) is 19.5 Å². The first-order valence-electron chi connectivity index (χ1n) is 7.63. The SMILES string of the molecule is Nc1ncnc2c1ncn2[C@@H]1O[C@H](Cc2ccccc2)[C@@H](O)[C@H]1S. The Balaban J connectivity index is 1.63. The average molecular weight is 343 g/mol. The Labute approximate surface area is 143 Å². The van der Waals surface area contributed by atoms with Crippen LogP contribution in [-0.2, 0) is 11.2 Å². The predicted octanol–water partition coefficient (Wildman–Crippen LogP) is 1.21. The molecule has 0 spiro atoms. The smallest absolute Gasteiger partial charge is 0.167 e. The molecule has 1 saturated heterocycles. The minimum Gasteiger partial charge on any atom is -0.389 e. The average Bonchev–Trinajstić information content (AvgIpc) is 3.13. The molecule has 0 aliphatic carbocycles. The Hall–Kier alpha value is -2.16. The lowest BCUT2D eigenvalue weighted by atomic mass is 10.0. The van der Waals surface area contributed by atoms with Gasteiger partial charge in [0.1, 0.15) is 11.8 Å². The molecule has 1 aliphatic rings. The van der Waals surface area contributed by atoms with Gasteiger partial charge in [-0.15, -0.1) is 0 Å². The van der Waals surface area contributed by atoms with E-state index < -0.39 is 17.6 Å². The molecule has 0 radical (unpaired) electrons. The van der Waals surface area contributed by atoms with E-state index in [1.54, 1.807) is 10.9 Å². The maximum absolute atomic E-state index is 10.5. The van der Waals surface area contributed by atoms with Crippen molar-refractivity contribution in [2.45, 2.75) is 30.1 Å². The molecule has 124 valence electrons. The van der Waals surface area contributed by atoms with Crippen molar-refractivity contribution in [3.8, 4) is 0 Å². The molecule has 1 fully saturated rings. The zero-order valence-electron chi connectivity index (χ0n) is 12.7. The number of aliphatic hydroxyl groups is 1. The number of imidazole rings is 1. The van der Waals surface area contributed by atoms with Crippen LogP contribution in [0.5, 0.6) is 0 Å². The summed E-state index contributed by atoms with van der Waals surface area (Å²) in [5, 5.41) is 10.1. The quantitative estimate of drug-likeness (QED) is 0.618. The molecule has 0 unspecified atom stereocenters. The molecule has 2 aromatic heterocycles. The van der Waals surface area contributed by atoms with Gasteiger partial charge in [-0.05, 0) is 5.56 Å². The molecule has 3 heterocycles. The van der Waals surface area contributed by atoms with Crippen LogP contribution >= 0.6 is 12.6 Å². The van der Waals surface area contributed by atoms with Gasteiger partial charge in [0.05, 0.1) is 23.8 Å². The molecular weight excluding hydrogens is 326 g/mol. The number of nitrogen functional groups attached to an aromatic ring is 1. The Morgan fingerprint density at radius 1 is 1.21 bits per heavy atom. The fourth-order valence-electron chi connectivity index (χ4n) is 3.03. The highest BCUT2D eigenvalue weighted by molar-refractivity contribution is 7.81. The van der Waals surface area contributed by atoms with E-state index in [9.17, 15) is 5.11 Å². The van der Waals surface area contributed by atoms with Crippen LogP contribution in [0, 0.1) is 0 Å². The van der Waals surface area contributed by atoms with E-state index in [4.69, 9.17) is 10.5 Å². The van der Waals surface area contributed by atoms with Crippen molar-refractivity contribution >= 4 is 29.6 Å². The number of aliphatic hydroxyl groups excluding tert-OH is 1. The maximum atomic E-state index is 10.5. The lowest BCUT2D eigenvalue weighted by Gasteiger charge is -2.16. The number of nitrogens with two attached hydrogens (primary N) is 1. The summed E-state index contributed by atoms with van der Waals surface area (Å²) >= 11 is 4.55. The van der Waals surface area contributed by atoms with E-state index in [0.717, 1.165) is 5.56 Å². The zero-order chi connectivity index (χ0) is 16.7. The largest absolute Gasteiger partial charge is 0.389 e. The molecule has 4 atom stereocenters. The van der Waals surface area contributed by atoms with Crippen LogP contribution in [0.3, 0.4) is 0 Å². The van der Waals surface area contributed by atoms with Gasteiger partial charge in [-0.3, -0.25) is 4.57 Å². The molecule has 1 aromatic carbocycles. The van der Waals surface area contributed by atoms with E-state index in [1.165, 1.54) is 6.33 Å². The van der Waals surface area contributed by atoms with Gasteiger partial charge in [-0.1, -0.05) is 30.3 Å². The minimum atomic E-state index is -0.699. The third-order valence-corrected chi connectivity index (χ3v) is 4.84. The Morgan fingerprint density at radius 2 is 2.00 bits per heavy atom. The first-order chi connectivity index (χ1) is 11.6. The van der Waals surface area contributed by atoms with Crippen LogP contribution in [0.15, 0.2) is 43.0 Å². The Kier molecular flexibility index (Phi) is 3.87. The molecule has 24 heavy (non-hydrogen) atoms. The lowest BCUT2D eigenvalue weighted by molar-refractivity contribution is -0.0158. The molecule has 3 N–H and O–H groups in total. The highest BCUT2D eigenvalue weighted by Gasteiger charge is 2.43. The van der Waals surface area contributed by atoms with Gasteiger partial charge in [0.2, 0.25) is 0 Å². The number of nitrogens with zero attached hydrogens (tertiary/aromatic N) is 4. The fraction of sp³-hybridized carbons (Fsp3) is 0.312. The van der Waals surface area contributed by atoms with Crippen LogP contribution in [0.2, 0.25) is 0 Å². The second-order valence-corrected chi connectivity index (χ2v) is 6.42. The predicted molar refractivity (Wildman–Crippen MR) is 92.6 cm³/mol. The van der Waals surface area contributed by atoms with Crippen LogP contribution in [0.1, 0.15) is 11.8 Å². The second kappa shape index (κ2) is 6.04. The molecule has 8 heteroatoms. The highest BCUT2D eigenvalue weighted by Crippen LogP contribution is 2.36. The zero-order valence-corrected chi connectivity index (χ0v) is 13.6. The van der Waals surface area contributed by atoms with Crippen molar-refractivity contribution < 1.29 is 9.84 Å². The number of hydrogen-bond acceptors (Lipinski definition) is 7.